The third kappa shape index (κ3) is 3.01. The van der Waals surface area contributed by atoms with Crippen molar-refractivity contribution in [3.05, 3.63) is 78.1 Å². The molecule has 0 bridgehead atoms. The molecule has 3 aromatic rings. The molecule has 1 N–H and O–H groups in total. The number of hydrogen-bond donors (Lipinski definition) is 1. The molecule has 6 heteroatoms. The first-order chi connectivity index (χ1) is 10.6. The number of carbonyl (C=O) groups is 1. The molecule has 1 amide bonds. The smallest absolute Gasteiger partial charge is 0.276 e. The number of amides is 1. The second-order valence-corrected chi connectivity index (χ2v) is 4.59. The van der Waals surface area contributed by atoms with Crippen molar-refractivity contribution in [1.82, 2.24) is 9.78 Å². The largest absolute Gasteiger partial charge is 0.320 e. The summed E-state index contributed by atoms with van der Waals surface area (Å²) in [4.78, 5) is 12.0. The summed E-state index contributed by atoms with van der Waals surface area (Å²) in [6.45, 7) is 0. The van der Waals surface area contributed by atoms with Gasteiger partial charge in [0.25, 0.3) is 5.91 Å². The monoisotopic (exact) mass is 299 g/mol. The van der Waals surface area contributed by atoms with Gasteiger partial charge in [-0.2, -0.15) is 5.10 Å². The SMILES string of the molecule is O=C(Nc1cc(F)cc(F)c1)c1ccn(-c2ccccc2)n1. The van der Waals surface area contributed by atoms with E-state index in [1.807, 2.05) is 30.3 Å². The van der Waals surface area contributed by atoms with Crippen LogP contribution in [0.25, 0.3) is 5.69 Å². The minimum atomic E-state index is -0.759. The van der Waals surface area contributed by atoms with E-state index in [0.29, 0.717) is 0 Å². The zero-order valence-electron chi connectivity index (χ0n) is 11.3. The lowest BCUT2D eigenvalue weighted by atomic mass is 10.3. The topological polar surface area (TPSA) is 46.9 Å². The molecule has 110 valence electrons. The molecule has 1 aromatic heterocycles. The fourth-order valence-corrected chi connectivity index (χ4v) is 1.99. The lowest BCUT2D eigenvalue weighted by molar-refractivity contribution is 0.102. The minimum Gasteiger partial charge on any atom is -0.320 e. The third-order valence-corrected chi connectivity index (χ3v) is 2.96. The zero-order valence-corrected chi connectivity index (χ0v) is 11.3. The van der Waals surface area contributed by atoms with Crippen molar-refractivity contribution in [3.8, 4) is 5.69 Å². The molecule has 2 aromatic carbocycles. The normalized spacial score (nSPS) is 10.5. The molecule has 4 nitrogen and oxygen atoms in total. The molecular weight excluding hydrogens is 288 g/mol. The number of anilines is 1. The summed E-state index contributed by atoms with van der Waals surface area (Å²) in [5.74, 6) is -2.06. The van der Waals surface area contributed by atoms with Gasteiger partial charge in [0.2, 0.25) is 0 Å². The van der Waals surface area contributed by atoms with Gasteiger partial charge in [-0.15, -0.1) is 0 Å². The molecule has 0 aliphatic heterocycles. The van der Waals surface area contributed by atoms with Crippen LogP contribution in [0.5, 0.6) is 0 Å². The summed E-state index contributed by atoms with van der Waals surface area (Å²) in [6, 6.07) is 13.6. The molecule has 0 radical (unpaired) electrons. The van der Waals surface area contributed by atoms with Crippen LogP contribution in [0, 0.1) is 11.6 Å². The fourth-order valence-electron chi connectivity index (χ4n) is 1.99. The van der Waals surface area contributed by atoms with E-state index in [4.69, 9.17) is 0 Å². The average molecular weight is 299 g/mol. The van der Waals surface area contributed by atoms with E-state index < -0.39 is 17.5 Å². The third-order valence-electron chi connectivity index (χ3n) is 2.96. The number of nitrogens with zero attached hydrogens (tertiary/aromatic N) is 2. The molecule has 3 rings (SSSR count). The van der Waals surface area contributed by atoms with E-state index in [1.54, 1.807) is 10.9 Å². The number of benzene rings is 2. The summed E-state index contributed by atoms with van der Waals surface area (Å²) in [5.41, 5.74) is 0.989. The molecule has 0 atom stereocenters. The number of aromatic nitrogens is 2. The summed E-state index contributed by atoms with van der Waals surface area (Å²) in [5, 5.41) is 6.55. The van der Waals surface area contributed by atoms with Crippen molar-refractivity contribution < 1.29 is 13.6 Å². The van der Waals surface area contributed by atoms with Crippen molar-refractivity contribution in [2.75, 3.05) is 5.32 Å². The summed E-state index contributed by atoms with van der Waals surface area (Å²) >= 11 is 0. The Morgan fingerprint density at radius 2 is 1.68 bits per heavy atom. The average Bonchev–Trinajstić information content (AvgIpc) is 2.97. The van der Waals surface area contributed by atoms with Gasteiger partial charge >= 0.3 is 0 Å². The van der Waals surface area contributed by atoms with Crippen LogP contribution in [0.2, 0.25) is 0 Å². The van der Waals surface area contributed by atoms with Crippen LogP contribution >= 0.6 is 0 Å². The van der Waals surface area contributed by atoms with Crippen molar-refractivity contribution in [3.63, 3.8) is 0 Å². The second kappa shape index (κ2) is 5.77. The Hall–Kier alpha value is -3.02. The van der Waals surface area contributed by atoms with Gasteiger partial charge in [-0.25, -0.2) is 13.5 Å². The maximum Gasteiger partial charge on any atom is 0.276 e. The maximum absolute atomic E-state index is 13.1. The number of halogens is 2. The van der Waals surface area contributed by atoms with Gasteiger partial charge in [0.05, 0.1) is 5.69 Å². The number of hydrogen-bond acceptors (Lipinski definition) is 2. The van der Waals surface area contributed by atoms with Gasteiger partial charge in [0, 0.05) is 18.0 Å². The Balaban J connectivity index is 1.80. The molecule has 22 heavy (non-hydrogen) atoms. The number of para-hydroxylation sites is 1. The molecule has 0 spiro atoms. The molecule has 0 aliphatic rings. The molecule has 1 heterocycles. The lowest BCUT2D eigenvalue weighted by Gasteiger charge is -2.04. The summed E-state index contributed by atoms with van der Waals surface area (Å²) < 4.78 is 27.7. The second-order valence-electron chi connectivity index (χ2n) is 4.59. The molecule has 0 saturated heterocycles. The van der Waals surface area contributed by atoms with E-state index in [2.05, 4.69) is 10.4 Å². The van der Waals surface area contributed by atoms with Gasteiger partial charge in [-0.05, 0) is 30.3 Å². The van der Waals surface area contributed by atoms with Crippen molar-refractivity contribution >= 4 is 11.6 Å². The van der Waals surface area contributed by atoms with E-state index in [1.165, 1.54) is 6.07 Å². The van der Waals surface area contributed by atoms with Crippen LogP contribution in [0.1, 0.15) is 10.5 Å². The molecular formula is C16H11F2N3O. The first-order valence-corrected chi connectivity index (χ1v) is 6.50. The van der Waals surface area contributed by atoms with Crippen LogP contribution in [0.3, 0.4) is 0 Å². The van der Waals surface area contributed by atoms with Gasteiger partial charge in [0.15, 0.2) is 5.69 Å². The van der Waals surface area contributed by atoms with Crippen LogP contribution < -0.4 is 5.32 Å². The van der Waals surface area contributed by atoms with E-state index in [9.17, 15) is 13.6 Å². The highest BCUT2D eigenvalue weighted by atomic mass is 19.1. The van der Waals surface area contributed by atoms with Crippen molar-refractivity contribution in [2.24, 2.45) is 0 Å². The molecule has 0 saturated carbocycles. The van der Waals surface area contributed by atoms with Crippen LogP contribution in [-0.2, 0) is 0 Å². The lowest BCUT2D eigenvalue weighted by Crippen LogP contribution is -2.13. The highest BCUT2D eigenvalue weighted by molar-refractivity contribution is 6.02. The number of rotatable bonds is 3. The van der Waals surface area contributed by atoms with E-state index in [-0.39, 0.29) is 11.4 Å². The Morgan fingerprint density at radius 3 is 2.36 bits per heavy atom. The number of carbonyl (C=O) groups excluding carboxylic acids is 1. The Bertz CT molecular complexity index is 795. The van der Waals surface area contributed by atoms with Gasteiger partial charge < -0.3 is 5.32 Å². The van der Waals surface area contributed by atoms with Gasteiger partial charge in [0.1, 0.15) is 11.6 Å². The van der Waals surface area contributed by atoms with Crippen LogP contribution in [0.4, 0.5) is 14.5 Å². The fraction of sp³-hybridized carbons (Fsp3) is 0. The van der Waals surface area contributed by atoms with Crippen LogP contribution in [-0.4, -0.2) is 15.7 Å². The Kier molecular flexibility index (Phi) is 3.65. The maximum atomic E-state index is 13.1. The molecule has 0 unspecified atom stereocenters. The molecule has 0 aliphatic carbocycles. The minimum absolute atomic E-state index is 0.0387. The van der Waals surface area contributed by atoms with Crippen molar-refractivity contribution in [2.45, 2.75) is 0 Å². The van der Waals surface area contributed by atoms with Gasteiger partial charge in [-0.1, -0.05) is 18.2 Å². The van der Waals surface area contributed by atoms with Crippen molar-refractivity contribution in [1.29, 1.82) is 0 Å². The standard InChI is InChI=1S/C16H11F2N3O/c17-11-8-12(18)10-13(9-11)19-16(22)15-6-7-21(20-15)14-4-2-1-3-5-14/h1-10H,(H,19,22). The highest BCUT2D eigenvalue weighted by Gasteiger charge is 2.11. The number of nitrogens with one attached hydrogen (secondary N) is 1. The Labute approximate surface area is 125 Å². The predicted octanol–water partition coefficient (Wildman–Crippen LogP) is 3.40. The first-order valence-electron chi connectivity index (χ1n) is 6.50. The first kappa shape index (κ1) is 13.9. The van der Waals surface area contributed by atoms with E-state index in [0.717, 1.165) is 23.9 Å². The van der Waals surface area contributed by atoms with E-state index >= 15 is 0 Å². The summed E-state index contributed by atoms with van der Waals surface area (Å²) in [7, 11) is 0. The highest BCUT2D eigenvalue weighted by Crippen LogP contribution is 2.14. The van der Waals surface area contributed by atoms with Gasteiger partial charge in [-0.3, -0.25) is 4.79 Å². The zero-order chi connectivity index (χ0) is 15.5. The molecule has 0 fully saturated rings. The van der Waals surface area contributed by atoms with Crippen LogP contribution in [0.15, 0.2) is 60.8 Å². The predicted molar refractivity (Wildman–Crippen MR) is 77.9 cm³/mol. The Morgan fingerprint density at radius 1 is 1.00 bits per heavy atom. The summed E-state index contributed by atoms with van der Waals surface area (Å²) in [6.07, 6.45) is 1.64. The quantitative estimate of drug-likeness (QED) is 0.805.